The molecule has 2 aliphatic heterocycles. The van der Waals surface area contributed by atoms with Crippen molar-refractivity contribution in [3.8, 4) is 0 Å². The summed E-state index contributed by atoms with van der Waals surface area (Å²) in [6.45, 7) is 4.29. The third-order valence-corrected chi connectivity index (χ3v) is 4.70. The average Bonchev–Trinajstić information content (AvgIpc) is 2.88. The average molecular weight is 247 g/mol. The molecule has 3 heterocycles. The van der Waals surface area contributed by atoms with Crippen molar-refractivity contribution in [2.75, 3.05) is 18.5 Å². The fraction of sp³-hybridized carbons (Fsp3) is 0.786. The van der Waals surface area contributed by atoms with Crippen molar-refractivity contribution in [3.63, 3.8) is 0 Å². The molecule has 3 aliphatic rings. The maximum absolute atomic E-state index is 5.87. The summed E-state index contributed by atoms with van der Waals surface area (Å²) in [6.07, 6.45) is 5.23. The van der Waals surface area contributed by atoms with Gasteiger partial charge in [-0.15, -0.1) is 0 Å². The molecule has 4 unspecified atom stereocenters. The lowest BCUT2D eigenvalue weighted by molar-refractivity contribution is 0.0590. The van der Waals surface area contributed by atoms with E-state index >= 15 is 0 Å². The van der Waals surface area contributed by atoms with Crippen molar-refractivity contribution in [2.45, 2.75) is 50.7 Å². The first-order chi connectivity index (χ1) is 8.83. The van der Waals surface area contributed by atoms with Gasteiger partial charge < -0.3 is 10.1 Å². The highest BCUT2D eigenvalue weighted by Crippen LogP contribution is 2.47. The van der Waals surface area contributed by atoms with Crippen molar-refractivity contribution < 1.29 is 4.74 Å². The number of nitrogens with zero attached hydrogens (tertiary/aromatic N) is 2. The molecule has 0 bridgehead atoms. The number of hydrogen-bond acceptors (Lipinski definition) is 3. The van der Waals surface area contributed by atoms with Gasteiger partial charge >= 0.3 is 0 Å². The van der Waals surface area contributed by atoms with Gasteiger partial charge in [0.15, 0.2) is 0 Å². The van der Waals surface area contributed by atoms with Gasteiger partial charge in [-0.3, -0.25) is 0 Å². The molecule has 4 nitrogen and oxygen atoms in total. The monoisotopic (exact) mass is 247 g/mol. The quantitative estimate of drug-likeness (QED) is 0.873. The topological polar surface area (TPSA) is 39.1 Å². The highest BCUT2D eigenvalue weighted by atomic mass is 16.5. The lowest BCUT2D eigenvalue weighted by atomic mass is 10.0. The first kappa shape index (κ1) is 10.9. The third kappa shape index (κ3) is 1.66. The van der Waals surface area contributed by atoms with E-state index in [0.717, 1.165) is 25.5 Å². The Balaban J connectivity index is 1.63. The number of nitrogens with one attached hydrogen (secondary N) is 1. The molecule has 0 spiro atoms. The van der Waals surface area contributed by atoms with Gasteiger partial charge in [0.1, 0.15) is 5.82 Å². The van der Waals surface area contributed by atoms with Gasteiger partial charge in [0, 0.05) is 25.1 Å². The van der Waals surface area contributed by atoms with Crippen LogP contribution in [0.5, 0.6) is 0 Å². The van der Waals surface area contributed by atoms with Crippen LogP contribution in [0.3, 0.4) is 0 Å². The van der Waals surface area contributed by atoms with E-state index in [1.54, 1.807) is 0 Å². The van der Waals surface area contributed by atoms with Gasteiger partial charge in [0.05, 0.1) is 17.8 Å². The molecule has 18 heavy (non-hydrogen) atoms. The van der Waals surface area contributed by atoms with Gasteiger partial charge in [0.2, 0.25) is 0 Å². The Morgan fingerprint density at radius 1 is 1.44 bits per heavy atom. The molecule has 2 fully saturated rings. The van der Waals surface area contributed by atoms with Gasteiger partial charge in [-0.05, 0) is 31.6 Å². The fourth-order valence-corrected chi connectivity index (χ4v) is 3.43. The summed E-state index contributed by atoms with van der Waals surface area (Å²) in [6, 6.07) is 2.71. The first-order valence-electron chi connectivity index (χ1n) is 7.28. The Bertz CT molecular complexity index is 450. The zero-order chi connectivity index (χ0) is 12.1. The summed E-state index contributed by atoms with van der Waals surface area (Å²) >= 11 is 0. The SMILES string of the molecule is CC1CC1c1cc2n(n1)C(C1CCCO1)CCN2. The molecule has 98 valence electrons. The van der Waals surface area contributed by atoms with Gasteiger partial charge in [0.25, 0.3) is 0 Å². The second-order valence-electron chi connectivity index (χ2n) is 6.05. The third-order valence-electron chi connectivity index (χ3n) is 4.70. The normalized spacial score (nSPS) is 38.3. The second kappa shape index (κ2) is 3.98. The summed E-state index contributed by atoms with van der Waals surface area (Å²) < 4.78 is 8.08. The zero-order valence-corrected chi connectivity index (χ0v) is 10.9. The first-order valence-corrected chi connectivity index (χ1v) is 7.28. The molecule has 1 saturated carbocycles. The van der Waals surface area contributed by atoms with Crippen LogP contribution < -0.4 is 5.32 Å². The molecule has 1 aliphatic carbocycles. The summed E-state index contributed by atoms with van der Waals surface area (Å²) in [5.41, 5.74) is 1.29. The minimum atomic E-state index is 0.384. The summed E-state index contributed by atoms with van der Waals surface area (Å²) in [5, 5.41) is 8.34. The van der Waals surface area contributed by atoms with Gasteiger partial charge in [-0.1, -0.05) is 6.92 Å². The van der Waals surface area contributed by atoms with E-state index in [0.29, 0.717) is 18.1 Å². The molecule has 1 N–H and O–H groups in total. The zero-order valence-electron chi connectivity index (χ0n) is 10.9. The van der Waals surface area contributed by atoms with Crippen LogP contribution in [-0.2, 0) is 4.74 Å². The van der Waals surface area contributed by atoms with Crippen LogP contribution in [-0.4, -0.2) is 29.0 Å². The Morgan fingerprint density at radius 2 is 2.33 bits per heavy atom. The van der Waals surface area contributed by atoms with Crippen LogP contribution in [0.1, 0.15) is 50.3 Å². The molecule has 0 aromatic carbocycles. The lowest BCUT2D eigenvalue weighted by Gasteiger charge is -2.29. The molecule has 0 radical (unpaired) electrons. The van der Waals surface area contributed by atoms with E-state index in [2.05, 4.69) is 23.0 Å². The molecule has 1 saturated heterocycles. The molecule has 1 aromatic rings. The molecule has 4 rings (SSSR count). The number of ether oxygens (including phenoxy) is 1. The van der Waals surface area contributed by atoms with Crippen molar-refractivity contribution in [1.82, 2.24) is 9.78 Å². The minimum Gasteiger partial charge on any atom is -0.376 e. The Labute approximate surface area is 108 Å². The second-order valence-corrected chi connectivity index (χ2v) is 6.05. The Kier molecular flexibility index (Phi) is 2.40. The maximum Gasteiger partial charge on any atom is 0.124 e. The smallest absolute Gasteiger partial charge is 0.124 e. The Morgan fingerprint density at radius 3 is 3.06 bits per heavy atom. The van der Waals surface area contributed by atoms with Crippen LogP contribution in [0.2, 0.25) is 0 Å². The predicted octanol–water partition coefficient (Wildman–Crippen LogP) is 2.54. The van der Waals surface area contributed by atoms with E-state index in [-0.39, 0.29) is 0 Å². The van der Waals surface area contributed by atoms with Crippen LogP contribution in [0.25, 0.3) is 0 Å². The van der Waals surface area contributed by atoms with E-state index in [1.165, 1.54) is 30.8 Å². The number of aromatic nitrogens is 2. The molecule has 0 amide bonds. The van der Waals surface area contributed by atoms with Crippen molar-refractivity contribution in [3.05, 3.63) is 11.8 Å². The van der Waals surface area contributed by atoms with Gasteiger partial charge in [-0.25, -0.2) is 4.68 Å². The number of fused-ring (bicyclic) bond motifs is 1. The maximum atomic E-state index is 5.87. The largest absolute Gasteiger partial charge is 0.376 e. The van der Waals surface area contributed by atoms with Crippen LogP contribution in [0.15, 0.2) is 6.07 Å². The van der Waals surface area contributed by atoms with Crippen LogP contribution >= 0.6 is 0 Å². The van der Waals surface area contributed by atoms with E-state index in [4.69, 9.17) is 9.84 Å². The lowest BCUT2D eigenvalue weighted by Crippen LogP contribution is -2.31. The number of anilines is 1. The van der Waals surface area contributed by atoms with Crippen molar-refractivity contribution >= 4 is 5.82 Å². The molecule has 4 heteroatoms. The molecule has 1 aromatic heterocycles. The summed E-state index contributed by atoms with van der Waals surface area (Å²) in [7, 11) is 0. The molecule has 4 atom stereocenters. The van der Waals surface area contributed by atoms with Crippen LogP contribution in [0, 0.1) is 5.92 Å². The highest BCUT2D eigenvalue weighted by molar-refractivity contribution is 5.41. The van der Waals surface area contributed by atoms with Gasteiger partial charge in [-0.2, -0.15) is 5.10 Å². The predicted molar refractivity (Wildman–Crippen MR) is 69.9 cm³/mol. The van der Waals surface area contributed by atoms with E-state index in [9.17, 15) is 0 Å². The number of rotatable bonds is 2. The minimum absolute atomic E-state index is 0.384. The molecular weight excluding hydrogens is 226 g/mol. The Hall–Kier alpha value is -1.03. The highest BCUT2D eigenvalue weighted by Gasteiger charge is 2.38. The summed E-state index contributed by atoms with van der Waals surface area (Å²) in [5.74, 6) is 2.73. The summed E-state index contributed by atoms with van der Waals surface area (Å²) in [4.78, 5) is 0. The van der Waals surface area contributed by atoms with E-state index < -0.39 is 0 Å². The molecular formula is C14H21N3O. The van der Waals surface area contributed by atoms with Crippen molar-refractivity contribution in [2.24, 2.45) is 5.92 Å². The fourth-order valence-electron chi connectivity index (χ4n) is 3.43. The standard InChI is InChI=1S/C14H21N3O/c1-9-7-10(9)11-8-14-15-5-4-12(17(14)16-11)13-3-2-6-18-13/h8-10,12-13,15H,2-7H2,1H3. The van der Waals surface area contributed by atoms with E-state index in [1.807, 2.05) is 0 Å². The van der Waals surface area contributed by atoms with Crippen molar-refractivity contribution in [1.29, 1.82) is 0 Å². The number of hydrogen-bond donors (Lipinski definition) is 1. The van der Waals surface area contributed by atoms with Crippen LogP contribution in [0.4, 0.5) is 5.82 Å².